The molecule has 0 spiro atoms. The molecule has 1 fully saturated rings. The lowest BCUT2D eigenvalue weighted by atomic mass is 10.2. The average Bonchev–Trinajstić information content (AvgIpc) is 3.41. The summed E-state index contributed by atoms with van der Waals surface area (Å²) in [6, 6.07) is 23.6. The van der Waals surface area contributed by atoms with Crippen LogP contribution in [0.5, 0.6) is 0 Å². The number of anilines is 1. The van der Waals surface area contributed by atoms with Gasteiger partial charge in [-0.25, -0.2) is 9.98 Å². The van der Waals surface area contributed by atoms with Crippen molar-refractivity contribution in [2.24, 2.45) is 4.99 Å². The highest BCUT2D eigenvalue weighted by Crippen LogP contribution is 2.38. The molecule has 4 aromatic rings. The zero-order valence-electron chi connectivity index (χ0n) is 17.0. The Balaban J connectivity index is 1.51. The van der Waals surface area contributed by atoms with Crippen molar-refractivity contribution in [2.75, 3.05) is 4.90 Å². The van der Waals surface area contributed by atoms with Gasteiger partial charge in [0.2, 0.25) is 0 Å². The average molecular weight is 492 g/mol. The first-order chi connectivity index (χ1) is 16.1. The number of thioether (sulfide) groups is 1. The number of rotatable bonds is 4. The zero-order valence-corrected chi connectivity index (χ0v) is 19.3. The van der Waals surface area contributed by atoms with E-state index in [-0.39, 0.29) is 5.91 Å². The molecule has 3 heterocycles. The molecule has 1 aliphatic heterocycles. The monoisotopic (exact) mass is 491 g/mol. The van der Waals surface area contributed by atoms with Crippen molar-refractivity contribution in [1.29, 1.82) is 0 Å². The SMILES string of the molecule is O=C1/C(=C\c2ccc(-c3cc(Cl)ccc3Cl)o2)S/C(=N/c2ccccn2)N1c1ccccc1. The Kier molecular flexibility index (Phi) is 6.05. The number of carbonyl (C=O) groups is 1. The standard InChI is InChI=1S/C25H15Cl2N3O2S/c26-16-9-11-20(27)19(14-16)21-12-10-18(32-21)15-22-24(31)30(17-6-2-1-3-7-17)25(33-22)29-23-8-4-5-13-28-23/h1-15H/b22-15+,29-25+. The predicted molar refractivity (Wildman–Crippen MR) is 135 cm³/mol. The zero-order chi connectivity index (χ0) is 22.8. The van der Waals surface area contributed by atoms with Crippen LogP contribution in [0.3, 0.4) is 0 Å². The molecule has 1 aliphatic rings. The van der Waals surface area contributed by atoms with E-state index in [4.69, 9.17) is 27.6 Å². The molecule has 2 aromatic carbocycles. The van der Waals surface area contributed by atoms with E-state index in [9.17, 15) is 4.79 Å². The van der Waals surface area contributed by atoms with Crippen molar-refractivity contribution in [1.82, 2.24) is 4.98 Å². The van der Waals surface area contributed by atoms with Crippen molar-refractivity contribution in [3.05, 3.63) is 106 Å². The third-order valence-electron chi connectivity index (χ3n) is 4.77. The fourth-order valence-electron chi connectivity index (χ4n) is 3.26. The number of carbonyl (C=O) groups excluding carboxylic acids is 1. The molecule has 2 aromatic heterocycles. The van der Waals surface area contributed by atoms with E-state index in [1.807, 2.05) is 42.5 Å². The summed E-state index contributed by atoms with van der Waals surface area (Å²) in [7, 11) is 0. The molecule has 0 radical (unpaired) electrons. The fourth-order valence-corrected chi connectivity index (χ4v) is 4.61. The summed E-state index contributed by atoms with van der Waals surface area (Å²) in [6.07, 6.45) is 3.36. The Labute approximate surface area is 204 Å². The summed E-state index contributed by atoms with van der Waals surface area (Å²) in [6.45, 7) is 0. The minimum Gasteiger partial charge on any atom is -0.457 e. The third-order valence-corrected chi connectivity index (χ3v) is 6.31. The van der Waals surface area contributed by atoms with Gasteiger partial charge >= 0.3 is 0 Å². The van der Waals surface area contributed by atoms with E-state index in [2.05, 4.69) is 9.98 Å². The van der Waals surface area contributed by atoms with Gasteiger partial charge in [0.1, 0.15) is 11.5 Å². The van der Waals surface area contributed by atoms with Gasteiger partial charge in [0, 0.05) is 22.9 Å². The van der Waals surface area contributed by atoms with Crippen LogP contribution in [0.15, 0.2) is 99.4 Å². The number of aliphatic imine (C=N–C) groups is 1. The van der Waals surface area contributed by atoms with Crippen LogP contribution in [0.4, 0.5) is 11.5 Å². The van der Waals surface area contributed by atoms with Gasteiger partial charge in [-0.15, -0.1) is 0 Å². The highest BCUT2D eigenvalue weighted by Gasteiger charge is 2.35. The minimum absolute atomic E-state index is 0.195. The maximum absolute atomic E-state index is 13.3. The first-order valence-electron chi connectivity index (χ1n) is 9.92. The van der Waals surface area contributed by atoms with E-state index in [0.717, 1.165) is 5.69 Å². The van der Waals surface area contributed by atoms with Gasteiger partial charge in [-0.1, -0.05) is 47.5 Å². The van der Waals surface area contributed by atoms with E-state index in [0.29, 0.717) is 43.0 Å². The lowest BCUT2D eigenvalue weighted by molar-refractivity contribution is -0.113. The third kappa shape index (κ3) is 4.59. The van der Waals surface area contributed by atoms with Gasteiger partial charge in [0.15, 0.2) is 11.0 Å². The normalized spacial score (nSPS) is 16.2. The number of aromatic nitrogens is 1. The van der Waals surface area contributed by atoms with Crippen molar-refractivity contribution < 1.29 is 9.21 Å². The summed E-state index contributed by atoms with van der Waals surface area (Å²) in [5.74, 6) is 1.40. The Hall–Kier alpha value is -3.32. The van der Waals surface area contributed by atoms with E-state index < -0.39 is 0 Å². The molecule has 0 atom stereocenters. The van der Waals surface area contributed by atoms with Crippen LogP contribution in [0, 0.1) is 0 Å². The Bertz CT molecular complexity index is 1390. The van der Waals surface area contributed by atoms with Gasteiger partial charge in [-0.3, -0.25) is 9.69 Å². The molecule has 0 N–H and O–H groups in total. The van der Waals surface area contributed by atoms with Crippen LogP contribution in [0.25, 0.3) is 17.4 Å². The number of halogens is 2. The highest BCUT2D eigenvalue weighted by molar-refractivity contribution is 8.19. The number of benzene rings is 2. The van der Waals surface area contributed by atoms with Crippen LogP contribution in [-0.2, 0) is 4.79 Å². The summed E-state index contributed by atoms with van der Waals surface area (Å²) in [4.78, 5) is 24.3. The quantitative estimate of drug-likeness (QED) is 0.278. The Morgan fingerprint density at radius 1 is 0.970 bits per heavy atom. The van der Waals surface area contributed by atoms with Crippen molar-refractivity contribution in [2.45, 2.75) is 0 Å². The number of hydrogen-bond acceptors (Lipinski definition) is 5. The number of amidine groups is 1. The second-order valence-corrected chi connectivity index (χ2v) is 8.85. The van der Waals surface area contributed by atoms with E-state index >= 15 is 0 Å². The molecule has 1 saturated heterocycles. The molecule has 1 amide bonds. The number of pyridine rings is 1. The van der Waals surface area contributed by atoms with Gasteiger partial charge in [-0.2, -0.15) is 0 Å². The summed E-state index contributed by atoms with van der Waals surface area (Å²) in [5, 5.41) is 1.60. The number of hydrogen-bond donors (Lipinski definition) is 0. The smallest absolute Gasteiger partial charge is 0.271 e. The molecule has 0 bridgehead atoms. The molecule has 5 rings (SSSR count). The lowest BCUT2D eigenvalue weighted by Gasteiger charge is -2.15. The first kappa shape index (κ1) is 21.5. The van der Waals surface area contributed by atoms with Crippen LogP contribution in [0.2, 0.25) is 10.0 Å². The van der Waals surface area contributed by atoms with E-state index in [1.165, 1.54) is 11.8 Å². The second kappa shape index (κ2) is 9.27. The van der Waals surface area contributed by atoms with Crippen molar-refractivity contribution >= 4 is 63.6 Å². The molecule has 0 unspecified atom stereocenters. The van der Waals surface area contributed by atoms with Crippen LogP contribution >= 0.6 is 35.0 Å². The van der Waals surface area contributed by atoms with Gasteiger partial charge in [-0.05, 0) is 66.4 Å². The number of para-hydroxylation sites is 1. The van der Waals surface area contributed by atoms with Gasteiger partial charge < -0.3 is 4.42 Å². The molecule has 5 nitrogen and oxygen atoms in total. The Morgan fingerprint density at radius 2 is 1.79 bits per heavy atom. The fraction of sp³-hybridized carbons (Fsp3) is 0. The van der Waals surface area contributed by atoms with Gasteiger partial charge in [0.05, 0.1) is 15.6 Å². The maximum atomic E-state index is 13.3. The number of furan rings is 1. The second-order valence-electron chi connectivity index (χ2n) is 7.00. The van der Waals surface area contributed by atoms with Crippen LogP contribution in [-0.4, -0.2) is 16.1 Å². The summed E-state index contributed by atoms with van der Waals surface area (Å²) >= 11 is 13.7. The maximum Gasteiger partial charge on any atom is 0.271 e. The Morgan fingerprint density at radius 3 is 2.58 bits per heavy atom. The van der Waals surface area contributed by atoms with Crippen LogP contribution in [0.1, 0.15) is 5.76 Å². The highest BCUT2D eigenvalue weighted by atomic mass is 35.5. The lowest BCUT2D eigenvalue weighted by Crippen LogP contribution is -2.28. The van der Waals surface area contributed by atoms with E-state index in [1.54, 1.807) is 53.6 Å². The molecule has 162 valence electrons. The van der Waals surface area contributed by atoms with Crippen molar-refractivity contribution in [3.63, 3.8) is 0 Å². The summed E-state index contributed by atoms with van der Waals surface area (Å²) in [5.41, 5.74) is 1.40. The predicted octanol–water partition coefficient (Wildman–Crippen LogP) is 7.46. The minimum atomic E-state index is -0.195. The molecular weight excluding hydrogens is 477 g/mol. The van der Waals surface area contributed by atoms with Crippen molar-refractivity contribution in [3.8, 4) is 11.3 Å². The molecule has 0 saturated carbocycles. The number of amides is 1. The van der Waals surface area contributed by atoms with Gasteiger partial charge in [0.25, 0.3) is 5.91 Å². The number of nitrogens with zero attached hydrogens (tertiary/aromatic N) is 3. The van der Waals surface area contributed by atoms with Crippen LogP contribution < -0.4 is 4.90 Å². The molecule has 0 aliphatic carbocycles. The summed E-state index contributed by atoms with van der Waals surface area (Å²) < 4.78 is 5.95. The molecule has 8 heteroatoms. The largest absolute Gasteiger partial charge is 0.457 e. The first-order valence-corrected chi connectivity index (χ1v) is 11.5. The topological polar surface area (TPSA) is 58.7 Å². The molecule has 33 heavy (non-hydrogen) atoms. The molecular formula is C25H15Cl2N3O2S.